The molecule has 0 aromatic heterocycles. The molecule has 93 heavy (non-hydrogen) atoms. The van der Waals surface area contributed by atoms with E-state index in [-0.39, 0.29) is 25.7 Å². The van der Waals surface area contributed by atoms with Crippen molar-refractivity contribution in [1.82, 2.24) is 0 Å². The predicted octanol–water partition coefficient (Wildman–Crippen LogP) is 21.7. The summed E-state index contributed by atoms with van der Waals surface area (Å²) in [4.78, 5) is 72.4. The Morgan fingerprint density at radius 2 is 0.516 bits per heavy atom. The van der Waals surface area contributed by atoms with Gasteiger partial charge in [-0.1, -0.05) is 336 Å². The molecule has 19 heteroatoms. The van der Waals surface area contributed by atoms with Gasteiger partial charge < -0.3 is 33.8 Å². The number of carbonyl (C=O) groups excluding carboxylic acids is 4. The lowest BCUT2D eigenvalue weighted by molar-refractivity contribution is -0.161. The van der Waals surface area contributed by atoms with Crippen LogP contribution in [0.25, 0.3) is 0 Å². The molecule has 0 aromatic carbocycles. The summed E-state index contributed by atoms with van der Waals surface area (Å²) >= 11 is 0. The van der Waals surface area contributed by atoms with Crippen molar-refractivity contribution in [3.05, 3.63) is 0 Å². The Morgan fingerprint density at radius 1 is 0.301 bits per heavy atom. The summed E-state index contributed by atoms with van der Waals surface area (Å²) in [7, 11) is -9.89. The second kappa shape index (κ2) is 67.3. The topological polar surface area (TPSA) is 237 Å². The molecule has 17 nitrogen and oxygen atoms in total. The summed E-state index contributed by atoms with van der Waals surface area (Å²) in [5.74, 6) is -1.28. The van der Waals surface area contributed by atoms with Crippen molar-refractivity contribution in [3.8, 4) is 0 Å². The number of phosphoric ester groups is 2. The highest BCUT2D eigenvalue weighted by Crippen LogP contribution is 2.45. The SMILES string of the molecule is CCCCCCCCCCCCCCCCCCCCCCC(=O)O[C@H](COC(=O)CCCCCCCCCCCCCCCCC(C)CC)COP(=O)(O)OC[C@@H](O)COP(=O)(O)OC[C@@H](COC(=O)CCCCCCC)OC(=O)CCCCCCCCCCCC. The zero-order valence-corrected chi connectivity index (χ0v) is 62.2. The highest BCUT2D eigenvalue weighted by Gasteiger charge is 2.30. The van der Waals surface area contributed by atoms with Gasteiger partial charge in [0.1, 0.15) is 19.3 Å². The van der Waals surface area contributed by atoms with Gasteiger partial charge in [-0.05, 0) is 31.6 Å². The van der Waals surface area contributed by atoms with Crippen LogP contribution in [0.15, 0.2) is 0 Å². The molecule has 0 bridgehead atoms. The van der Waals surface area contributed by atoms with Crippen molar-refractivity contribution >= 4 is 39.5 Å². The molecule has 0 radical (unpaired) electrons. The van der Waals surface area contributed by atoms with E-state index in [2.05, 4.69) is 34.6 Å². The van der Waals surface area contributed by atoms with Crippen LogP contribution in [0.5, 0.6) is 0 Å². The molecule has 6 atom stereocenters. The summed E-state index contributed by atoms with van der Waals surface area (Å²) < 4.78 is 68.2. The molecule has 0 spiro atoms. The maximum Gasteiger partial charge on any atom is 0.472 e. The highest BCUT2D eigenvalue weighted by atomic mass is 31.2. The molecule has 3 N–H and O–H groups in total. The molecule has 3 unspecified atom stereocenters. The molecule has 0 rings (SSSR count). The molecular formula is C74H144O17P2. The van der Waals surface area contributed by atoms with Crippen molar-refractivity contribution in [3.63, 3.8) is 0 Å². The number of hydrogen-bond donors (Lipinski definition) is 3. The summed E-state index contributed by atoms with van der Waals surface area (Å²) in [5.41, 5.74) is 0. The predicted molar refractivity (Wildman–Crippen MR) is 377 cm³/mol. The van der Waals surface area contributed by atoms with Crippen LogP contribution in [-0.2, 0) is 65.4 Å². The number of aliphatic hydroxyl groups excluding tert-OH is 1. The molecule has 0 fully saturated rings. The molecule has 0 aliphatic rings. The van der Waals surface area contributed by atoms with E-state index in [4.69, 9.17) is 37.0 Å². The van der Waals surface area contributed by atoms with Crippen LogP contribution >= 0.6 is 15.6 Å². The van der Waals surface area contributed by atoms with Crippen molar-refractivity contribution in [2.24, 2.45) is 5.92 Å². The van der Waals surface area contributed by atoms with Crippen molar-refractivity contribution in [2.75, 3.05) is 39.6 Å². The second-order valence-electron chi connectivity index (χ2n) is 26.9. The normalized spacial score (nSPS) is 14.3. The largest absolute Gasteiger partial charge is 0.472 e. The van der Waals surface area contributed by atoms with Crippen LogP contribution < -0.4 is 0 Å². The lowest BCUT2D eigenvalue weighted by Gasteiger charge is -2.21. The Morgan fingerprint density at radius 3 is 0.763 bits per heavy atom. The zero-order valence-electron chi connectivity index (χ0n) is 60.4. The van der Waals surface area contributed by atoms with E-state index >= 15 is 0 Å². The van der Waals surface area contributed by atoms with Crippen molar-refractivity contribution in [1.29, 1.82) is 0 Å². The average molecular weight is 1370 g/mol. The molecule has 0 amide bonds. The standard InChI is InChI=1S/C74H144O17P2/c1-6-10-13-16-18-20-22-23-24-25-26-27-28-29-34-37-41-45-50-55-60-74(79)91-70(64-85-72(77)58-53-48-43-40-36-33-31-30-32-35-38-42-47-51-56-67(5)9-4)66-89-93(82,83)87-62-68(75)61-86-92(80,81)88-65-69(63-84-71(76)57-52-46-15-12-8-3)90-73(78)59-54-49-44-39-21-19-17-14-11-7-2/h67-70,75H,6-66H2,1-5H3,(H,80,81)(H,82,83)/t67?,68-,69+,70+/m0/s1. The number of hydrogen-bond acceptors (Lipinski definition) is 15. The van der Waals surface area contributed by atoms with E-state index in [9.17, 15) is 43.2 Å². The smallest absolute Gasteiger partial charge is 0.462 e. The van der Waals surface area contributed by atoms with Crippen LogP contribution in [0.1, 0.15) is 388 Å². The van der Waals surface area contributed by atoms with Crippen LogP contribution in [0.2, 0.25) is 0 Å². The zero-order chi connectivity index (χ0) is 68.4. The Balaban J connectivity index is 5.12. The van der Waals surface area contributed by atoms with Gasteiger partial charge in [-0.15, -0.1) is 0 Å². The fraction of sp³-hybridized carbons (Fsp3) is 0.946. The second-order valence-corrected chi connectivity index (χ2v) is 29.8. The summed E-state index contributed by atoms with van der Waals surface area (Å²) in [5, 5.41) is 10.6. The van der Waals surface area contributed by atoms with E-state index in [1.807, 2.05) is 0 Å². The Labute approximate surface area is 568 Å². The fourth-order valence-corrected chi connectivity index (χ4v) is 12.9. The number of unbranched alkanes of at least 4 members (excludes halogenated alkanes) is 45. The highest BCUT2D eigenvalue weighted by molar-refractivity contribution is 7.47. The van der Waals surface area contributed by atoms with E-state index in [1.165, 1.54) is 205 Å². The van der Waals surface area contributed by atoms with E-state index in [0.717, 1.165) is 102 Å². The maximum absolute atomic E-state index is 13.1. The van der Waals surface area contributed by atoms with Crippen molar-refractivity contribution < 1.29 is 80.2 Å². The molecule has 0 saturated heterocycles. The minimum atomic E-state index is -4.95. The van der Waals surface area contributed by atoms with E-state index < -0.39 is 97.5 Å². The number of esters is 4. The first-order valence-corrected chi connectivity index (χ1v) is 41.7. The molecular weight excluding hydrogens is 1220 g/mol. The van der Waals surface area contributed by atoms with Crippen LogP contribution in [0.3, 0.4) is 0 Å². The van der Waals surface area contributed by atoms with E-state index in [0.29, 0.717) is 25.7 Å². The van der Waals surface area contributed by atoms with Gasteiger partial charge in [-0.25, -0.2) is 9.13 Å². The molecule has 0 heterocycles. The quantitative estimate of drug-likeness (QED) is 0.0222. The van der Waals surface area contributed by atoms with Gasteiger partial charge in [0.25, 0.3) is 0 Å². The van der Waals surface area contributed by atoms with E-state index in [1.54, 1.807) is 0 Å². The average Bonchev–Trinajstić information content (AvgIpc) is 2.42. The maximum atomic E-state index is 13.1. The minimum Gasteiger partial charge on any atom is -0.462 e. The number of phosphoric acid groups is 2. The first-order valence-electron chi connectivity index (χ1n) is 38.7. The van der Waals surface area contributed by atoms with Gasteiger partial charge in [0.15, 0.2) is 12.2 Å². The lowest BCUT2D eigenvalue weighted by atomic mass is 9.99. The van der Waals surface area contributed by atoms with Crippen LogP contribution in [-0.4, -0.2) is 96.7 Å². The minimum absolute atomic E-state index is 0.106. The molecule has 552 valence electrons. The van der Waals surface area contributed by atoms with Gasteiger partial charge in [0, 0.05) is 25.7 Å². The fourth-order valence-electron chi connectivity index (χ4n) is 11.3. The third kappa shape index (κ3) is 67.0. The Kier molecular flexibility index (Phi) is 65.9. The Hall–Kier alpha value is -1.94. The molecule has 0 aliphatic heterocycles. The lowest BCUT2D eigenvalue weighted by Crippen LogP contribution is -2.30. The summed E-state index contributed by atoms with van der Waals surface area (Å²) in [6.07, 6.45) is 55.9. The monoisotopic (exact) mass is 1370 g/mol. The molecule has 0 aromatic rings. The van der Waals surface area contributed by atoms with Gasteiger partial charge in [0.05, 0.1) is 26.4 Å². The van der Waals surface area contributed by atoms with Gasteiger partial charge >= 0.3 is 39.5 Å². The third-order valence-electron chi connectivity index (χ3n) is 17.6. The third-order valence-corrected chi connectivity index (χ3v) is 19.5. The Bertz CT molecular complexity index is 1790. The van der Waals surface area contributed by atoms with Gasteiger partial charge in [-0.2, -0.15) is 0 Å². The number of rotatable bonds is 74. The van der Waals surface area contributed by atoms with Crippen LogP contribution in [0, 0.1) is 5.92 Å². The number of aliphatic hydroxyl groups is 1. The summed E-state index contributed by atoms with van der Waals surface area (Å²) in [6, 6.07) is 0. The first kappa shape index (κ1) is 91.1. The first-order chi connectivity index (χ1) is 45.1. The van der Waals surface area contributed by atoms with Gasteiger partial charge in [-0.3, -0.25) is 37.3 Å². The van der Waals surface area contributed by atoms with Crippen molar-refractivity contribution in [2.45, 2.75) is 406 Å². The van der Waals surface area contributed by atoms with Crippen LogP contribution in [0.4, 0.5) is 0 Å². The molecule has 0 aliphatic carbocycles. The number of carbonyl (C=O) groups is 4. The van der Waals surface area contributed by atoms with Gasteiger partial charge in [0.2, 0.25) is 0 Å². The summed E-state index contributed by atoms with van der Waals surface area (Å²) in [6.45, 7) is 7.23. The molecule has 0 saturated carbocycles. The number of ether oxygens (including phenoxy) is 4.